The standard InChI is InChI=1S/C14H17ClFNO/c15-14-9(2-1-3-12(14)16)7-17-8-10-6-11-4-5-13(10)18-11/h1-3,10-11,13,17H,4-8H2. The maximum Gasteiger partial charge on any atom is 0.142 e. The summed E-state index contributed by atoms with van der Waals surface area (Å²) in [5.41, 5.74) is 0.820. The van der Waals surface area contributed by atoms with Gasteiger partial charge < -0.3 is 10.1 Å². The van der Waals surface area contributed by atoms with Gasteiger partial charge in [-0.2, -0.15) is 0 Å². The number of hydrogen-bond donors (Lipinski definition) is 1. The van der Waals surface area contributed by atoms with Gasteiger partial charge in [-0.05, 0) is 30.9 Å². The molecule has 0 spiro atoms. The van der Waals surface area contributed by atoms with E-state index in [1.807, 2.05) is 6.07 Å². The number of nitrogens with one attached hydrogen (secondary N) is 1. The highest BCUT2D eigenvalue weighted by molar-refractivity contribution is 6.31. The van der Waals surface area contributed by atoms with Crippen LogP contribution in [-0.4, -0.2) is 18.8 Å². The van der Waals surface area contributed by atoms with Crippen molar-refractivity contribution in [2.24, 2.45) is 5.92 Å². The average Bonchev–Trinajstić information content (AvgIpc) is 2.97. The second-order valence-electron chi connectivity index (χ2n) is 5.21. The zero-order chi connectivity index (χ0) is 12.5. The number of hydrogen-bond acceptors (Lipinski definition) is 2. The number of fused-ring (bicyclic) bond motifs is 2. The molecule has 0 amide bonds. The Kier molecular flexibility index (Phi) is 3.55. The van der Waals surface area contributed by atoms with E-state index < -0.39 is 0 Å². The van der Waals surface area contributed by atoms with E-state index >= 15 is 0 Å². The van der Waals surface area contributed by atoms with Gasteiger partial charge in [-0.3, -0.25) is 0 Å². The van der Waals surface area contributed by atoms with Gasteiger partial charge in [0.1, 0.15) is 5.82 Å². The molecule has 0 aliphatic carbocycles. The maximum absolute atomic E-state index is 13.3. The Labute approximate surface area is 111 Å². The maximum atomic E-state index is 13.3. The van der Waals surface area contributed by atoms with Crippen LogP contribution in [0.3, 0.4) is 0 Å². The topological polar surface area (TPSA) is 21.3 Å². The van der Waals surface area contributed by atoms with Crippen LogP contribution in [0, 0.1) is 11.7 Å². The summed E-state index contributed by atoms with van der Waals surface area (Å²) in [7, 11) is 0. The normalized spacial score (nSPS) is 30.0. The minimum atomic E-state index is -0.348. The molecule has 2 saturated heterocycles. The van der Waals surface area contributed by atoms with Crippen LogP contribution in [0.2, 0.25) is 5.02 Å². The van der Waals surface area contributed by atoms with Crippen LogP contribution in [0.15, 0.2) is 18.2 Å². The summed E-state index contributed by atoms with van der Waals surface area (Å²) in [5, 5.41) is 3.60. The monoisotopic (exact) mass is 269 g/mol. The summed E-state index contributed by atoms with van der Waals surface area (Å²) >= 11 is 5.91. The lowest BCUT2D eigenvalue weighted by atomic mass is 9.89. The van der Waals surface area contributed by atoms with E-state index in [0.29, 0.717) is 24.7 Å². The third-order valence-electron chi connectivity index (χ3n) is 3.99. The SMILES string of the molecule is Fc1cccc(CNCC2CC3CCC2O3)c1Cl. The van der Waals surface area contributed by atoms with Gasteiger partial charge in [0, 0.05) is 19.0 Å². The number of rotatable bonds is 4. The number of halogens is 2. The Morgan fingerprint density at radius 1 is 1.39 bits per heavy atom. The molecule has 98 valence electrons. The summed E-state index contributed by atoms with van der Waals surface area (Å²) in [6, 6.07) is 4.93. The van der Waals surface area contributed by atoms with E-state index in [2.05, 4.69) is 5.32 Å². The van der Waals surface area contributed by atoms with Gasteiger partial charge in [0.05, 0.1) is 17.2 Å². The van der Waals surface area contributed by atoms with Gasteiger partial charge >= 0.3 is 0 Å². The largest absolute Gasteiger partial charge is 0.375 e. The van der Waals surface area contributed by atoms with Gasteiger partial charge in [0.25, 0.3) is 0 Å². The molecule has 2 fully saturated rings. The van der Waals surface area contributed by atoms with Crippen LogP contribution in [0.4, 0.5) is 4.39 Å². The summed E-state index contributed by atoms with van der Waals surface area (Å²) in [5.74, 6) is 0.260. The Morgan fingerprint density at radius 3 is 3.00 bits per heavy atom. The van der Waals surface area contributed by atoms with Crippen LogP contribution in [0.5, 0.6) is 0 Å². The molecule has 1 aromatic carbocycles. The van der Waals surface area contributed by atoms with Crippen molar-refractivity contribution in [3.63, 3.8) is 0 Å². The van der Waals surface area contributed by atoms with Crippen LogP contribution in [0.25, 0.3) is 0 Å². The summed E-state index contributed by atoms with van der Waals surface area (Å²) in [6.07, 6.45) is 4.49. The van der Waals surface area contributed by atoms with Gasteiger partial charge in [-0.15, -0.1) is 0 Å². The van der Waals surface area contributed by atoms with Gasteiger partial charge in [-0.25, -0.2) is 4.39 Å². The minimum Gasteiger partial charge on any atom is -0.375 e. The van der Waals surface area contributed by atoms with Crippen LogP contribution < -0.4 is 5.32 Å². The van der Waals surface area contributed by atoms with Crippen LogP contribution >= 0.6 is 11.6 Å². The molecule has 2 bridgehead atoms. The second-order valence-corrected chi connectivity index (χ2v) is 5.59. The molecule has 1 N–H and O–H groups in total. The highest BCUT2D eigenvalue weighted by Gasteiger charge is 2.40. The quantitative estimate of drug-likeness (QED) is 0.907. The van der Waals surface area contributed by atoms with Crippen molar-refractivity contribution in [2.45, 2.75) is 38.0 Å². The fourth-order valence-electron chi connectivity index (χ4n) is 3.04. The van der Waals surface area contributed by atoms with E-state index in [9.17, 15) is 4.39 Å². The van der Waals surface area contributed by atoms with E-state index in [4.69, 9.17) is 16.3 Å². The van der Waals surface area contributed by atoms with Crippen molar-refractivity contribution in [1.82, 2.24) is 5.32 Å². The molecule has 2 heterocycles. The Morgan fingerprint density at radius 2 is 2.28 bits per heavy atom. The van der Waals surface area contributed by atoms with E-state index in [1.54, 1.807) is 6.07 Å². The zero-order valence-electron chi connectivity index (χ0n) is 10.2. The first kappa shape index (κ1) is 12.4. The molecule has 0 aromatic heterocycles. The molecular formula is C14H17ClFNO. The minimum absolute atomic E-state index is 0.231. The van der Waals surface area contributed by atoms with Crippen molar-refractivity contribution in [2.75, 3.05) is 6.54 Å². The smallest absolute Gasteiger partial charge is 0.142 e. The molecule has 3 atom stereocenters. The molecule has 4 heteroatoms. The molecule has 0 radical (unpaired) electrons. The Balaban J connectivity index is 1.51. The third-order valence-corrected chi connectivity index (χ3v) is 4.41. The predicted molar refractivity (Wildman–Crippen MR) is 69.1 cm³/mol. The molecule has 2 aliphatic heterocycles. The lowest BCUT2D eigenvalue weighted by Gasteiger charge is -2.19. The van der Waals surface area contributed by atoms with E-state index in [0.717, 1.165) is 18.5 Å². The van der Waals surface area contributed by atoms with Gasteiger partial charge in [-0.1, -0.05) is 23.7 Å². The van der Waals surface area contributed by atoms with E-state index in [1.165, 1.54) is 18.9 Å². The summed E-state index contributed by atoms with van der Waals surface area (Å²) in [4.78, 5) is 0. The van der Waals surface area contributed by atoms with Crippen molar-refractivity contribution in [1.29, 1.82) is 0 Å². The van der Waals surface area contributed by atoms with Gasteiger partial charge in [0.15, 0.2) is 0 Å². The van der Waals surface area contributed by atoms with Crippen molar-refractivity contribution in [3.8, 4) is 0 Å². The first-order valence-corrected chi connectivity index (χ1v) is 6.91. The highest BCUT2D eigenvalue weighted by Crippen LogP contribution is 2.38. The fraction of sp³-hybridized carbons (Fsp3) is 0.571. The van der Waals surface area contributed by atoms with Crippen LogP contribution in [0.1, 0.15) is 24.8 Å². The van der Waals surface area contributed by atoms with Crippen molar-refractivity contribution < 1.29 is 9.13 Å². The first-order valence-electron chi connectivity index (χ1n) is 6.53. The molecular weight excluding hydrogens is 253 g/mol. The fourth-order valence-corrected chi connectivity index (χ4v) is 3.23. The Bertz CT molecular complexity index is 440. The van der Waals surface area contributed by atoms with E-state index in [-0.39, 0.29) is 10.8 Å². The lowest BCUT2D eigenvalue weighted by molar-refractivity contribution is 0.0924. The Hall–Kier alpha value is -0.640. The molecule has 18 heavy (non-hydrogen) atoms. The number of ether oxygens (including phenoxy) is 1. The average molecular weight is 270 g/mol. The van der Waals surface area contributed by atoms with Crippen molar-refractivity contribution in [3.05, 3.63) is 34.6 Å². The molecule has 2 aliphatic rings. The molecule has 3 rings (SSSR count). The lowest BCUT2D eigenvalue weighted by Crippen LogP contribution is -2.29. The first-order chi connectivity index (χ1) is 8.74. The number of benzene rings is 1. The highest BCUT2D eigenvalue weighted by atomic mass is 35.5. The molecule has 1 aromatic rings. The van der Waals surface area contributed by atoms with Gasteiger partial charge in [0.2, 0.25) is 0 Å². The van der Waals surface area contributed by atoms with Crippen LogP contribution in [-0.2, 0) is 11.3 Å². The second kappa shape index (κ2) is 5.16. The molecule has 0 saturated carbocycles. The third kappa shape index (κ3) is 2.40. The zero-order valence-corrected chi connectivity index (χ0v) is 10.9. The van der Waals surface area contributed by atoms with Crippen molar-refractivity contribution >= 4 is 11.6 Å². The molecule has 2 nitrogen and oxygen atoms in total. The molecule has 3 unspecified atom stereocenters. The summed E-state index contributed by atoms with van der Waals surface area (Å²) in [6.45, 7) is 1.54. The summed E-state index contributed by atoms with van der Waals surface area (Å²) < 4.78 is 19.1. The predicted octanol–water partition coefficient (Wildman–Crippen LogP) is 3.14.